The van der Waals surface area contributed by atoms with E-state index in [1.165, 1.54) is 10.8 Å². The molecule has 0 saturated carbocycles. The molecule has 0 bridgehead atoms. The van der Waals surface area contributed by atoms with E-state index in [2.05, 4.69) is 20.6 Å². The van der Waals surface area contributed by atoms with Crippen molar-refractivity contribution >= 4 is 5.69 Å². The molecule has 0 aromatic carbocycles. The Hall–Kier alpha value is -2.38. The van der Waals surface area contributed by atoms with Crippen LogP contribution in [0.3, 0.4) is 0 Å². The molecule has 2 rings (SSSR count). The number of aromatic amines is 1. The van der Waals surface area contributed by atoms with Crippen molar-refractivity contribution in [3.63, 3.8) is 0 Å². The summed E-state index contributed by atoms with van der Waals surface area (Å²) in [5.41, 5.74) is 0.0599. The standard InChI is InChI=1S/C9H12N6O2/c1-10-7-5-15(9(17)11-8(7)16)4-6-3-14(2)13-12-6/h3,5,10H,4H2,1-2H3,(H,11,16,17). The first kappa shape index (κ1) is 11.1. The van der Waals surface area contributed by atoms with Crippen molar-refractivity contribution in [2.75, 3.05) is 12.4 Å². The molecule has 0 amide bonds. The van der Waals surface area contributed by atoms with Crippen LogP contribution in [0.2, 0.25) is 0 Å². The van der Waals surface area contributed by atoms with Crippen molar-refractivity contribution in [1.29, 1.82) is 0 Å². The molecule has 0 fully saturated rings. The highest BCUT2D eigenvalue weighted by Gasteiger charge is 2.05. The zero-order valence-corrected chi connectivity index (χ0v) is 9.47. The lowest BCUT2D eigenvalue weighted by molar-refractivity contribution is 0.694. The summed E-state index contributed by atoms with van der Waals surface area (Å²) in [6.07, 6.45) is 3.16. The first-order valence-corrected chi connectivity index (χ1v) is 4.97. The zero-order valence-electron chi connectivity index (χ0n) is 9.47. The summed E-state index contributed by atoms with van der Waals surface area (Å²) in [7, 11) is 3.35. The molecule has 0 atom stereocenters. The van der Waals surface area contributed by atoms with Crippen molar-refractivity contribution in [3.8, 4) is 0 Å². The molecule has 0 saturated heterocycles. The van der Waals surface area contributed by atoms with E-state index in [1.807, 2.05) is 0 Å². The summed E-state index contributed by atoms with van der Waals surface area (Å²) < 4.78 is 2.91. The van der Waals surface area contributed by atoms with E-state index in [4.69, 9.17) is 0 Å². The monoisotopic (exact) mass is 236 g/mol. The normalized spacial score (nSPS) is 10.5. The van der Waals surface area contributed by atoms with Crippen molar-refractivity contribution in [3.05, 3.63) is 38.9 Å². The highest BCUT2D eigenvalue weighted by atomic mass is 16.2. The molecule has 0 spiro atoms. The average Bonchev–Trinajstić information content (AvgIpc) is 2.68. The van der Waals surface area contributed by atoms with Gasteiger partial charge in [-0.15, -0.1) is 5.10 Å². The Morgan fingerprint density at radius 3 is 2.76 bits per heavy atom. The first-order chi connectivity index (χ1) is 8.10. The fraction of sp³-hybridized carbons (Fsp3) is 0.333. The fourth-order valence-electron chi connectivity index (χ4n) is 1.45. The van der Waals surface area contributed by atoms with Crippen LogP contribution in [-0.4, -0.2) is 31.6 Å². The van der Waals surface area contributed by atoms with Crippen LogP contribution in [0, 0.1) is 0 Å². The third-order valence-electron chi connectivity index (χ3n) is 2.26. The highest BCUT2D eigenvalue weighted by molar-refractivity contribution is 5.36. The molecule has 0 aliphatic heterocycles. The number of anilines is 1. The molecule has 8 nitrogen and oxygen atoms in total. The van der Waals surface area contributed by atoms with Gasteiger partial charge in [-0.2, -0.15) is 0 Å². The van der Waals surface area contributed by atoms with Crippen LogP contribution in [0.5, 0.6) is 0 Å². The van der Waals surface area contributed by atoms with E-state index < -0.39 is 11.2 Å². The average molecular weight is 236 g/mol. The number of hydrogen-bond donors (Lipinski definition) is 2. The summed E-state index contributed by atoms with van der Waals surface area (Å²) in [5.74, 6) is 0. The second-order valence-electron chi connectivity index (χ2n) is 3.56. The SMILES string of the molecule is CNc1cn(Cc2cn(C)nn2)c(=O)[nH]c1=O. The predicted molar refractivity (Wildman–Crippen MR) is 61.0 cm³/mol. The van der Waals surface area contributed by atoms with Crippen LogP contribution in [0.25, 0.3) is 0 Å². The molecule has 0 unspecified atom stereocenters. The van der Waals surface area contributed by atoms with Crippen LogP contribution < -0.4 is 16.6 Å². The Morgan fingerprint density at radius 2 is 2.18 bits per heavy atom. The maximum absolute atomic E-state index is 11.5. The number of aromatic nitrogens is 5. The molecule has 2 heterocycles. The van der Waals surface area contributed by atoms with Gasteiger partial charge in [0.1, 0.15) is 11.4 Å². The molecule has 17 heavy (non-hydrogen) atoms. The maximum atomic E-state index is 11.5. The van der Waals surface area contributed by atoms with Gasteiger partial charge in [-0.25, -0.2) is 4.79 Å². The Kier molecular flexibility index (Phi) is 2.77. The topological polar surface area (TPSA) is 97.6 Å². The van der Waals surface area contributed by atoms with Crippen molar-refractivity contribution in [1.82, 2.24) is 24.5 Å². The Balaban J connectivity index is 2.39. The van der Waals surface area contributed by atoms with E-state index in [1.54, 1.807) is 25.0 Å². The first-order valence-electron chi connectivity index (χ1n) is 4.97. The Labute approximate surface area is 95.9 Å². The van der Waals surface area contributed by atoms with Gasteiger partial charge in [0.2, 0.25) is 0 Å². The largest absolute Gasteiger partial charge is 0.382 e. The van der Waals surface area contributed by atoms with Crippen LogP contribution in [0.1, 0.15) is 5.69 Å². The second kappa shape index (κ2) is 4.24. The molecule has 0 aliphatic carbocycles. The van der Waals surface area contributed by atoms with Crippen LogP contribution in [-0.2, 0) is 13.6 Å². The van der Waals surface area contributed by atoms with E-state index in [9.17, 15) is 9.59 Å². The van der Waals surface area contributed by atoms with Gasteiger partial charge >= 0.3 is 5.69 Å². The molecule has 8 heteroatoms. The number of H-pyrrole nitrogens is 1. The molecule has 90 valence electrons. The van der Waals surface area contributed by atoms with E-state index >= 15 is 0 Å². The summed E-state index contributed by atoms with van der Waals surface area (Å²) in [4.78, 5) is 25.1. The molecule has 0 aliphatic rings. The second-order valence-corrected chi connectivity index (χ2v) is 3.56. The molecule has 2 aromatic heterocycles. The lowest BCUT2D eigenvalue weighted by Gasteiger charge is -2.04. The van der Waals surface area contributed by atoms with Gasteiger partial charge in [-0.05, 0) is 0 Å². The lowest BCUT2D eigenvalue weighted by Crippen LogP contribution is -2.31. The minimum Gasteiger partial charge on any atom is -0.382 e. The van der Waals surface area contributed by atoms with Gasteiger partial charge in [-0.1, -0.05) is 5.21 Å². The van der Waals surface area contributed by atoms with Crippen molar-refractivity contribution < 1.29 is 0 Å². The zero-order chi connectivity index (χ0) is 12.4. The number of nitrogens with one attached hydrogen (secondary N) is 2. The minimum absolute atomic E-state index is 0.262. The fourth-order valence-corrected chi connectivity index (χ4v) is 1.45. The Bertz CT molecular complexity index is 637. The van der Waals surface area contributed by atoms with Crippen molar-refractivity contribution in [2.45, 2.75) is 6.54 Å². The molecule has 0 radical (unpaired) electrons. The number of aryl methyl sites for hydroxylation is 1. The Morgan fingerprint density at radius 1 is 1.41 bits per heavy atom. The summed E-state index contributed by atoms with van der Waals surface area (Å²) in [5, 5.41) is 10.3. The van der Waals surface area contributed by atoms with E-state index in [-0.39, 0.29) is 6.54 Å². The van der Waals surface area contributed by atoms with Gasteiger partial charge in [-0.3, -0.25) is 19.0 Å². The molecular weight excluding hydrogens is 224 g/mol. The third-order valence-corrected chi connectivity index (χ3v) is 2.26. The van der Waals surface area contributed by atoms with Crippen LogP contribution in [0.4, 0.5) is 5.69 Å². The van der Waals surface area contributed by atoms with Gasteiger partial charge < -0.3 is 5.32 Å². The number of rotatable bonds is 3. The van der Waals surface area contributed by atoms with Crippen LogP contribution in [0.15, 0.2) is 22.0 Å². The molecular formula is C9H12N6O2. The highest BCUT2D eigenvalue weighted by Crippen LogP contribution is 1.97. The predicted octanol–water partition coefficient (Wildman–Crippen LogP) is -1.24. The minimum atomic E-state index is -0.473. The lowest BCUT2D eigenvalue weighted by atomic mass is 10.4. The summed E-state index contributed by atoms with van der Waals surface area (Å²) in [6.45, 7) is 0.262. The van der Waals surface area contributed by atoms with Gasteiger partial charge in [0.25, 0.3) is 5.56 Å². The summed E-state index contributed by atoms with van der Waals surface area (Å²) >= 11 is 0. The molecule has 2 aromatic rings. The maximum Gasteiger partial charge on any atom is 0.328 e. The molecule has 2 N–H and O–H groups in total. The van der Waals surface area contributed by atoms with Gasteiger partial charge in [0.15, 0.2) is 0 Å². The smallest absolute Gasteiger partial charge is 0.328 e. The van der Waals surface area contributed by atoms with Gasteiger partial charge in [0.05, 0.1) is 6.54 Å². The summed E-state index contributed by atoms with van der Waals surface area (Å²) in [6, 6.07) is 0. The van der Waals surface area contributed by atoms with Gasteiger partial charge in [0, 0.05) is 26.5 Å². The van der Waals surface area contributed by atoms with Crippen molar-refractivity contribution in [2.24, 2.45) is 7.05 Å². The van der Waals surface area contributed by atoms with E-state index in [0.29, 0.717) is 11.4 Å². The quantitative estimate of drug-likeness (QED) is 0.694. The number of nitrogens with zero attached hydrogens (tertiary/aromatic N) is 4. The van der Waals surface area contributed by atoms with E-state index in [0.717, 1.165) is 0 Å². The third kappa shape index (κ3) is 2.25. The van der Waals surface area contributed by atoms with Crippen LogP contribution >= 0.6 is 0 Å². The number of hydrogen-bond acceptors (Lipinski definition) is 5.